The van der Waals surface area contributed by atoms with Crippen LogP contribution in [0.2, 0.25) is 0 Å². The zero-order chi connectivity index (χ0) is 27.1. The first-order valence-electron chi connectivity index (χ1n) is 15.3. The molecular weight excluding hydrogens is 478 g/mol. The Kier molecular flexibility index (Phi) is 7.94. The standard InChI is InChI=1S/C36H49NS/c1-8-10-24(2)11-16-30-33(26(4)27-12-14-29(15-13-27)35(5,6)7)34(28-17-20-38-23-28)32-25(3)21-36(18-9-19-36)22-31(32)37-30/h12-15,17,20,23-26H,8-11,16,18-19,21-22H2,1-7H3. The van der Waals surface area contributed by atoms with Gasteiger partial charge in [0, 0.05) is 17.3 Å². The highest BCUT2D eigenvalue weighted by Crippen LogP contribution is 2.56. The van der Waals surface area contributed by atoms with Gasteiger partial charge in [-0.3, -0.25) is 4.98 Å². The first kappa shape index (κ1) is 27.6. The predicted octanol–water partition coefficient (Wildman–Crippen LogP) is 10.8. The maximum Gasteiger partial charge on any atom is 0.0453 e. The number of aryl methyl sites for hydroxylation is 1. The number of rotatable bonds is 8. The van der Waals surface area contributed by atoms with E-state index >= 15 is 0 Å². The number of hydrogen-bond acceptors (Lipinski definition) is 2. The molecule has 204 valence electrons. The molecule has 2 aromatic heterocycles. The van der Waals surface area contributed by atoms with Gasteiger partial charge in [0.1, 0.15) is 0 Å². The van der Waals surface area contributed by atoms with Crippen LogP contribution in [-0.4, -0.2) is 4.98 Å². The Morgan fingerprint density at radius 3 is 2.37 bits per heavy atom. The van der Waals surface area contributed by atoms with Crippen molar-refractivity contribution in [1.82, 2.24) is 4.98 Å². The fourth-order valence-electron chi connectivity index (χ4n) is 7.45. The van der Waals surface area contributed by atoms with Crippen molar-refractivity contribution in [3.8, 4) is 11.1 Å². The SMILES string of the molecule is CCCC(C)CCc1nc2c(c(-c3ccsc3)c1C(C)c1ccc(C(C)(C)C)cc1)C(C)CC1(CCC1)C2. The lowest BCUT2D eigenvalue weighted by Crippen LogP contribution is -2.38. The average molecular weight is 528 g/mol. The number of pyridine rings is 1. The average Bonchev–Trinajstić information content (AvgIpc) is 3.39. The van der Waals surface area contributed by atoms with E-state index in [0.29, 0.717) is 17.3 Å². The van der Waals surface area contributed by atoms with E-state index in [0.717, 1.165) is 12.3 Å². The monoisotopic (exact) mass is 527 g/mol. The summed E-state index contributed by atoms with van der Waals surface area (Å²) in [6.45, 7) is 16.6. The maximum atomic E-state index is 5.65. The Bertz CT molecular complexity index is 1220. The topological polar surface area (TPSA) is 12.9 Å². The maximum absolute atomic E-state index is 5.65. The quantitative estimate of drug-likeness (QED) is 0.284. The van der Waals surface area contributed by atoms with Gasteiger partial charge in [-0.15, -0.1) is 0 Å². The predicted molar refractivity (Wildman–Crippen MR) is 166 cm³/mol. The van der Waals surface area contributed by atoms with Crippen molar-refractivity contribution in [2.75, 3.05) is 0 Å². The highest BCUT2D eigenvalue weighted by molar-refractivity contribution is 7.08. The molecule has 1 nitrogen and oxygen atoms in total. The molecular formula is C36H49NS. The van der Waals surface area contributed by atoms with E-state index in [1.165, 1.54) is 90.6 Å². The second-order valence-corrected chi connectivity index (χ2v) is 14.7. The van der Waals surface area contributed by atoms with Crippen LogP contribution >= 0.6 is 11.3 Å². The van der Waals surface area contributed by atoms with E-state index in [2.05, 4.69) is 89.6 Å². The van der Waals surface area contributed by atoms with Crippen LogP contribution in [0.5, 0.6) is 0 Å². The van der Waals surface area contributed by atoms with Gasteiger partial charge in [-0.1, -0.05) is 92.0 Å². The fourth-order valence-corrected chi connectivity index (χ4v) is 8.10. The molecule has 1 fully saturated rings. The molecule has 5 rings (SSSR count). The first-order valence-corrected chi connectivity index (χ1v) is 16.2. The van der Waals surface area contributed by atoms with Crippen molar-refractivity contribution in [2.45, 2.75) is 124 Å². The van der Waals surface area contributed by atoms with Crippen LogP contribution in [0.25, 0.3) is 11.1 Å². The first-order chi connectivity index (χ1) is 18.1. The highest BCUT2D eigenvalue weighted by Gasteiger charge is 2.44. The molecule has 1 aromatic carbocycles. The van der Waals surface area contributed by atoms with Crippen molar-refractivity contribution >= 4 is 11.3 Å². The van der Waals surface area contributed by atoms with E-state index in [-0.39, 0.29) is 5.41 Å². The summed E-state index contributed by atoms with van der Waals surface area (Å²) in [6, 6.07) is 11.8. The van der Waals surface area contributed by atoms with Gasteiger partial charge in [0.25, 0.3) is 0 Å². The van der Waals surface area contributed by atoms with Crippen molar-refractivity contribution in [2.24, 2.45) is 11.3 Å². The molecule has 2 aliphatic rings. The van der Waals surface area contributed by atoms with E-state index < -0.39 is 0 Å². The Labute approximate surface area is 236 Å². The molecule has 0 aliphatic heterocycles. The summed E-state index contributed by atoms with van der Waals surface area (Å²) in [7, 11) is 0. The van der Waals surface area contributed by atoms with Crippen molar-refractivity contribution in [3.63, 3.8) is 0 Å². The van der Waals surface area contributed by atoms with Crippen LogP contribution < -0.4 is 0 Å². The number of nitrogens with zero attached hydrogens (tertiary/aromatic N) is 1. The fraction of sp³-hybridized carbons (Fsp3) is 0.583. The van der Waals surface area contributed by atoms with Gasteiger partial charge >= 0.3 is 0 Å². The summed E-state index contributed by atoms with van der Waals surface area (Å²) in [5.41, 5.74) is 12.3. The second kappa shape index (κ2) is 10.9. The van der Waals surface area contributed by atoms with Crippen LogP contribution in [0.4, 0.5) is 0 Å². The Balaban J connectivity index is 1.66. The molecule has 0 radical (unpaired) electrons. The largest absolute Gasteiger partial charge is 0.257 e. The smallest absolute Gasteiger partial charge is 0.0453 e. The number of fused-ring (bicyclic) bond motifs is 1. The molecule has 38 heavy (non-hydrogen) atoms. The number of thiophene rings is 1. The van der Waals surface area contributed by atoms with E-state index in [1.807, 2.05) is 11.3 Å². The molecule has 2 heteroatoms. The van der Waals surface area contributed by atoms with Crippen molar-refractivity contribution in [3.05, 3.63) is 74.7 Å². The Morgan fingerprint density at radius 1 is 1.05 bits per heavy atom. The zero-order valence-corrected chi connectivity index (χ0v) is 25.8. The molecule has 2 aliphatic carbocycles. The molecule has 2 heterocycles. The summed E-state index contributed by atoms with van der Waals surface area (Å²) in [4.78, 5) is 5.65. The molecule has 1 saturated carbocycles. The van der Waals surface area contributed by atoms with Crippen molar-refractivity contribution < 1.29 is 0 Å². The van der Waals surface area contributed by atoms with Gasteiger partial charge in [-0.2, -0.15) is 11.3 Å². The lowest BCUT2D eigenvalue weighted by Gasteiger charge is -2.48. The van der Waals surface area contributed by atoms with Gasteiger partial charge in [0.05, 0.1) is 0 Å². The minimum Gasteiger partial charge on any atom is -0.257 e. The van der Waals surface area contributed by atoms with E-state index in [4.69, 9.17) is 4.98 Å². The molecule has 0 saturated heterocycles. The van der Waals surface area contributed by atoms with E-state index in [1.54, 1.807) is 5.56 Å². The summed E-state index contributed by atoms with van der Waals surface area (Å²) >= 11 is 1.83. The molecule has 3 atom stereocenters. The van der Waals surface area contributed by atoms with Gasteiger partial charge in [-0.05, 0) is 111 Å². The minimum atomic E-state index is 0.171. The molecule has 0 amide bonds. The highest BCUT2D eigenvalue weighted by atomic mass is 32.1. The summed E-state index contributed by atoms with van der Waals surface area (Å²) in [6.07, 6.45) is 11.6. The van der Waals surface area contributed by atoms with Crippen LogP contribution in [0.15, 0.2) is 41.1 Å². The van der Waals surface area contributed by atoms with E-state index in [9.17, 15) is 0 Å². The molecule has 3 unspecified atom stereocenters. The Hall–Kier alpha value is -1.93. The number of hydrogen-bond donors (Lipinski definition) is 0. The number of aromatic nitrogens is 1. The minimum absolute atomic E-state index is 0.171. The van der Waals surface area contributed by atoms with Crippen LogP contribution in [0.3, 0.4) is 0 Å². The lowest BCUT2D eigenvalue weighted by molar-refractivity contribution is 0.0981. The number of benzene rings is 1. The molecule has 3 aromatic rings. The van der Waals surface area contributed by atoms with Gasteiger partial charge < -0.3 is 0 Å². The summed E-state index contributed by atoms with van der Waals surface area (Å²) < 4.78 is 0. The Morgan fingerprint density at radius 2 is 1.79 bits per heavy atom. The zero-order valence-electron chi connectivity index (χ0n) is 25.0. The summed E-state index contributed by atoms with van der Waals surface area (Å²) in [5, 5.41) is 4.65. The molecule has 0 bridgehead atoms. The normalized spacial score (nSPS) is 20.1. The van der Waals surface area contributed by atoms with Crippen molar-refractivity contribution in [1.29, 1.82) is 0 Å². The third-order valence-electron chi connectivity index (χ3n) is 9.79. The third-order valence-corrected chi connectivity index (χ3v) is 10.5. The molecule has 0 N–H and O–H groups in total. The van der Waals surface area contributed by atoms with Gasteiger partial charge in [0.15, 0.2) is 0 Å². The van der Waals surface area contributed by atoms with Crippen LogP contribution in [0.1, 0.15) is 139 Å². The van der Waals surface area contributed by atoms with Crippen LogP contribution in [0, 0.1) is 11.3 Å². The van der Waals surface area contributed by atoms with Gasteiger partial charge in [0.2, 0.25) is 0 Å². The second-order valence-electron chi connectivity index (χ2n) is 13.9. The third kappa shape index (κ3) is 5.40. The van der Waals surface area contributed by atoms with Crippen LogP contribution in [-0.2, 0) is 18.3 Å². The molecule has 1 spiro atoms. The van der Waals surface area contributed by atoms with Gasteiger partial charge in [-0.25, -0.2) is 0 Å². The summed E-state index contributed by atoms with van der Waals surface area (Å²) in [5.74, 6) is 1.64. The lowest BCUT2D eigenvalue weighted by atomic mass is 9.57.